The molecule has 0 spiro atoms. The third kappa shape index (κ3) is 2.85. The number of nitrogens with zero attached hydrogens (tertiary/aromatic N) is 2. The van der Waals surface area contributed by atoms with Crippen LogP contribution in [-0.2, 0) is 6.54 Å². The van der Waals surface area contributed by atoms with Crippen LogP contribution in [0.4, 0.5) is 0 Å². The first kappa shape index (κ1) is 11.2. The van der Waals surface area contributed by atoms with Gasteiger partial charge in [0.2, 0.25) is 0 Å². The average Bonchev–Trinajstić information content (AvgIpc) is 2.76. The number of likely N-dealkylation sites (tertiary alicyclic amines) is 1. The second kappa shape index (κ2) is 5.16. The Kier molecular flexibility index (Phi) is 3.62. The molecule has 4 nitrogen and oxygen atoms in total. The lowest BCUT2D eigenvalue weighted by Crippen LogP contribution is -2.32. The number of carboxylic acids is 1. The zero-order valence-corrected chi connectivity index (χ0v) is 9.43. The van der Waals surface area contributed by atoms with Crippen LogP contribution < -0.4 is 0 Å². The van der Waals surface area contributed by atoms with E-state index in [1.807, 2.05) is 10.8 Å². The quantitative estimate of drug-likeness (QED) is 0.843. The highest BCUT2D eigenvalue weighted by Gasteiger charge is 2.10. The fourth-order valence-corrected chi connectivity index (χ4v) is 2.15. The highest BCUT2D eigenvalue weighted by molar-refractivity contribution is 5.87. The molecule has 2 heterocycles. The highest BCUT2D eigenvalue weighted by Crippen LogP contribution is 2.09. The molecule has 2 rings (SSSR count). The van der Waals surface area contributed by atoms with Gasteiger partial charge in [-0.2, -0.15) is 0 Å². The minimum atomic E-state index is -0.850. The molecule has 0 atom stereocenters. The Bertz CT molecular complexity index is 354. The molecule has 0 amide bonds. The van der Waals surface area contributed by atoms with Crippen LogP contribution in [0.2, 0.25) is 0 Å². The monoisotopic (exact) mass is 222 g/mol. The summed E-state index contributed by atoms with van der Waals surface area (Å²) in [5.74, 6) is -0.850. The number of aromatic nitrogens is 1. The summed E-state index contributed by atoms with van der Waals surface area (Å²) in [5, 5.41) is 8.79. The second-order valence-electron chi connectivity index (χ2n) is 4.35. The molecule has 1 aromatic rings. The molecule has 16 heavy (non-hydrogen) atoms. The van der Waals surface area contributed by atoms with E-state index in [1.165, 1.54) is 32.4 Å². The van der Waals surface area contributed by atoms with Crippen molar-refractivity contribution < 1.29 is 9.90 Å². The predicted octanol–water partition coefficient (Wildman–Crippen LogP) is 1.67. The summed E-state index contributed by atoms with van der Waals surface area (Å²) in [4.78, 5) is 13.1. The van der Waals surface area contributed by atoms with Crippen molar-refractivity contribution in [2.24, 2.45) is 0 Å². The van der Waals surface area contributed by atoms with Crippen LogP contribution in [0.3, 0.4) is 0 Å². The molecular formula is C12H18N2O2. The van der Waals surface area contributed by atoms with E-state index in [1.54, 1.807) is 12.3 Å². The molecule has 1 N–H and O–H groups in total. The number of carboxylic acid groups (broad SMARTS) is 1. The van der Waals surface area contributed by atoms with Crippen molar-refractivity contribution >= 4 is 5.97 Å². The summed E-state index contributed by atoms with van der Waals surface area (Å²) in [6.45, 7) is 4.28. The van der Waals surface area contributed by atoms with Gasteiger partial charge in [-0.15, -0.1) is 0 Å². The molecule has 0 aliphatic carbocycles. The summed E-state index contributed by atoms with van der Waals surface area (Å²) in [7, 11) is 0. The lowest BCUT2D eigenvalue weighted by atomic mass is 10.1. The Morgan fingerprint density at radius 3 is 2.62 bits per heavy atom. The Hall–Kier alpha value is -1.29. The van der Waals surface area contributed by atoms with Crippen molar-refractivity contribution in [3.05, 3.63) is 24.0 Å². The smallest absolute Gasteiger partial charge is 0.337 e. The van der Waals surface area contributed by atoms with E-state index >= 15 is 0 Å². The van der Waals surface area contributed by atoms with E-state index in [2.05, 4.69) is 4.90 Å². The van der Waals surface area contributed by atoms with Crippen molar-refractivity contribution in [1.29, 1.82) is 0 Å². The molecular weight excluding hydrogens is 204 g/mol. The minimum Gasteiger partial charge on any atom is -0.478 e. The first-order valence-electron chi connectivity index (χ1n) is 5.87. The van der Waals surface area contributed by atoms with Crippen LogP contribution >= 0.6 is 0 Å². The Balaban J connectivity index is 1.81. The van der Waals surface area contributed by atoms with Crippen molar-refractivity contribution in [3.8, 4) is 0 Å². The van der Waals surface area contributed by atoms with Gasteiger partial charge in [-0.3, -0.25) is 0 Å². The van der Waals surface area contributed by atoms with Crippen molar-refractivity contribution in [3.63, 3.8) is 0 Å². The SMILES string of the molecule is O=C(O)c1ccn(CCN2CCCCC2)c1. The average molecular weight is 222 g/mol. The molecule has 0 radical (unpaired) electrons. The highest BCUT2D eigenvalue weighted by atomic mass is 16.4. The van der Waals surface area contributed by atoms with E-state index in [0.29, 0.717) is 5.56 Å². The summed E-state index contributed by atoms with van der Waals surface area (Å²) in [6, 6.07) is 1.65. The first-order valence-corrected chi connectivity index (χ1v) is 5.87. The third-order valence-electron chi connectivity index (χ3n) is 3.12. The second-order valence-corrected chi connectivity index (χ2v) is 4.35. The topological polar surface area (TPSA) is 45.5 Å². The van der Waals surface area contributed by atoms with Crippen LogP contribution in [0, 0.1) is 0 Å². The van der Waals surface area contributed by atoms with Gasteiger partial charge in [0, 0.05) is 25.5 Å². The Labute approximate surface area is 95.5 Å². The number of rotatable bonds is 4. The number of aromatic carboxylic acids is 1. The molecule has 0 aromatic carbocycles. The van der Waals surface area contributed by atoms with Crippen LogP contribution in [0.25, 0.3) is 0 Å². The maximum absolute atomic E-state index is 10.7. The van der Waals surface area contributed by atoms with E-state index in [0.717, 1.165) is 13.1 Å². The van der Waals surface area contributed by atoms with Gasteiger partial charge in [0.25, 0.3) is 0 Å². The van der Waals surface area contributed by atoms with Crippen LogP contribution in [0.5, 0.6) is 0 Å². The van der Waals surface area contributed by atoms with Crippen molar-refractivity contribution in [1.82, 2.24) is 9.47 Å². The van der Waals surface area contributed by atoms with Gasteiger partial charge in [0.1, 0.15) is 0 Å². The van der Waals surface area contributed by atoms with E-state index in [4.69, 9.17) is 5.11 Å². The molecule has 1 fully saturated rings. The lowest BCUT2D eigenvalue weighted by Gasteiger charge is -2.26. The number of hydrogen-bond acceptors (Lipinski definition) is 2. The number of carbonyl (C=O) groups is 1. The van der Waals surface area contributed by atoms with Crippen LogP contribution in [0.1, 0.15) is 29.6 Å². The van der Waals surface area contributed by atoms with E-state index in [9.17, 15) is 4.79 Å². The van der Waals surface area contributed by atoms with E-state index in [-0.39, 0.29) is 0 Å². The zero-order chi connectivity index (χ0) is 11.4. The molecule has 1 aliphatic rings. The first-order chi connectivity index (χ1) is 7.75. The lowest BCUT2D eigenvalue weighted by molar-refractivity contribution is 0.0697. The number of piperidine rings is 1. The summed E-state index contributed by atoms with van der Waals surface area (Å²) < 4.78 is 1.96. The van der Waals surface area contributed by atoms with Crippen molar-refractivity contribution in [2.75, 3.05) is 19.6 Å². The maximum atomic E-state index is 10.7. The predicted molar refractivity (Wildman–Crippen MR) is 61.7 cm³/mol. The van der Waals surface area contributed by atoms with Gasteiger partial charge in [-0.1, -0.05) is 6.42 Å². The van der Waals surface area contributed by atoms with Gasteiger partial charge < -0.3 is 14.6 Å². The third-order valence-corrected chi connectivity index (χ3v) is 3.12. The zero-order valence-electron chi connectivity index (χ0n) is 9.43. The molecule has 0 bridgehead atoms. The normalized spacial score (nSPS) is 17.5. The maximum Gasteiger partial charge on any atom is 0.337 e. The number of hydrogen-bond donors (Lipinski definition) is 1. The van der Waals surface area contributed by atoms with Gasteiger partial charge in [0.15, 0.2) is 0 Å². The fraction of sp³-hybridized carbons (Fsp3) is 0.583. The summed E-state index contributed by atoms with van der Waals surface area (Å²) >= 11 is 0. The van der Waals surface area contributed by atoms with Crippen molar-refractivity contribution in [2.45, 2.75) is 25.8 Å². The summed E-state index contributed by atoms with van der Waals surface area (Å²) in [6.07, 6.45) is 7.49. The van der Waals surface area contributed by atoms with E-state index < -0.39 is 5.97 Å². The van der Waals surface area contributed by atoms with Crippen LogP contribution in [0.15, 0.2) is 18.5 Å². The van der Waals surface area contributed by atoms with Gasteiger partial charge in [-0.05, 0) is 32.0 Å². The molecule has 1 aliphatic heterocycles. The van der Waals surface area contributed by atoms with Gasteiger partial charge in [-0.25, -0.2) is 4.79 Å². The molecule has 0 unspecified atom stereocenters. The Morgan fingerprint density at radius 1 is 1.25 bits per heavy atom. The molecule has 88 valence electrons. The molecule has 1 saturated heterocycles. The van der Waals surface area contributed by atoms with Gasteiger partial charge >= 0.3 is 5.97 Å². The largest absolute Gasteiger partial charge is 0.478 e. The molecule has 4 heteroatoms. The molecule has 0 saturated carbocycles. The van der Waals surface area contributed by atoms with Gasteiger partial charge in [0.05, 0.1) is 5.56 Å². The molecule has 1 aromatic heterocycles. The summed E-state index contributed by atoms with van der Waals surface area (Å²) in [5.41, 5.74) is 0.374. The Morgan fingerprint density at radius 2 is 2.00 bits per heavy atom. The minimum absolute atomic E-state index is 0.374. The fourth-order valence-electron chi connectivity index (χ4n) is 2.15. The van der Waals surface area contributed by atoms with Crippen LogP contribution in [-0.4, -0.2) is 40.2 Å². The standard InChI is InChI=1S/C12H18N2O2/c15-12(16)11-4-7-14(10-11)9-8-13-5-2-1-3-6-13/h4,7,10H,1-3,5-6,8-9H2,(H,15,16).